The summed E-state index contributed by atoms with van der Waals surface area (Å²) < 4.78 is 1.03. The SMILES string of the molecule is Cc1cc(Br)cnc1N1CCN(c2nccc(N3CCCC3)n2)CC1. The lowest BCUT2D eigenvalue weighted by molar-refractivity contribution is 0.633. The smallest absolute Gasteiger partial charge is 0.227 e. The van der Waals surface area contributed by atoms with Gasteiger partial charge in [0.25, 0.3) is 0 Å². The van der Waals surface area contributed by atoms with Gasteiger partial charge in [0.1, 0.15) is 11.6 Å². The Bertz CT molecular complexity index is 738. The molecule has 6 nitrogen and oxygen atoms in total. The standard InChI is InChI=1S/C18H23BrN6/c1-14-12-15(19)13-21-17(14)24-8-10-25(11-9-24)18-20-5-4-16(22-18)23-6-2-3-7-23/h4-5,12-13H,2-3,6-11H2,1H3. The molecule has 25 heavy (non-hydrogen) atoms. The fourth-order valence-electron chi connectivity index (χ4n) is 3.60. The molecule has 2 aromatic rings. The van der Waals surface area contributed by atoms with Crippen LogP contribution in [0, 0.1) is 6.92 Å². The Hall–Kier alpha value is -1.89. The van der Waals surface area contributed by atoms with Crippen molar-refractivity contribution < 1.29 is 0 Å². The van der Waals surface area contributed by atoms with Gasteiger partial charge in [-0.15, -0.1) is 0 Å². The van der Waals surface area contributed by atoms with E-state index in [1.54, 1.807) is 0 Å². The van der Waals surface area contributed by atoms with E-state index in [9.17, 15) is 0 Å². The highest BCUT2D eigenvalue weighted by molar-refractivity contribution is 9.10. The molecule has 132 valence electrons. The Labute approximate surface area is 157 Å². The number of pyridine rings is 1. The van der Waals surface area contributed by atoms with E-state index in [0.29, 0.717) is 0 Å². The van der Waals surface area contributed by atoms with Crippen LogP contribution >= 0.6 is 15.9 Å². The third-order valence-electron chi connectivity index (χ3n) is 4.94. The van der Waals surface area contributed by atoms with Crippen molar-refractivity contribution in [2.75, 3.05) is 54.0 Å². The first kappa shape index (κ1) is 16.6. The predicted octanol–water partition coefficient (Wildman–Crippen LogP) is 2.87. The van der Waals surface area contributed by atoms with Crippen LogP contribution in [0.15, 0.2) is 29.0 Å². The molecule has 0 spiro atoms. The van der Waals surface area contributed by atoms with Crippen LogP contribution < -0.4 is 14.7 Å². The van der Waals surface area contributed by atoms with E-state index < -0.39 is 0 Å². The van der Waals surface area contributed by atoms with Crippen molar-refractivity contribution >= 4 is 33.5 Å². The molecule has 2 saturated heterocycles. The first-order valence-electron chi connectivity index (χ1n) is 8.91. The zero-order chi connectivity index (χ0) is 17.2. The van der Waals surface area contributed by atoms with Crippen LogP contribution in [0.2, 0.25) is 0 Å². The van der Waals surface area contributed by atoms with Crippen LogP contribution in [0.3, 0.4) is 0 Å². The van der Waals surface area contributed by atoms with Gasteiger partial charge >= 0.3 is 0 Å². The molecule has 2 aliphatic rings. The molecule has 0 aliphatic carbocycles. The van der Waals surface area contributed by atoms with Gasteiger partial charge in [-0.1, -0.05) is 0 Å². The zero-order valence-electron chi connectivity index (χ0n) is 14.5. The highest BCUT2D eigenvalue weighted by Gasteiger charge is 2.22. The van der Waals surface area contributed by atoms with Crippen molar-refractivity contribution in [3.05, 3.63) is 34.6 Å². The summed E-state index contributed by atoms with van der Waals surface area (Å²) >= 11 is 3.49. The minimum Gasteiger partial charge on any atom is -0.356 e. The summed E-state index contributed by atoms with van der Waals surface area (Å²) in [6.07, 6.45) is 6.29. The maximum atomic E-state index is 4.81. The molecule has 4 rings (SSSR count). The normalized spacial score (nSPS) is 18.1. The number of halogens is 1. The van der Waals surface area contributed by atoms with E-state index in [0.717, 1.165) is 61.3 Å². The van der Waals surface area contributed by atoms with Gasteiger partial charge < -0.3 is 14.7 Å². The molecule has 2 fully saturated rings. The second kappa shape index (κ2) is 7.15. The van der Waals surface area contributed by atoms with E-state index in [-0.39, 0.29) is 0 Å². The Kier molecular flexibility index (Phi) is 4.74. The molecular formula is C18H23BrN6. The lowest BCUT2D eigenvalue weighted by atomic mass is 10.2. The second-order valence-electron chi connectivity index (χ2n) is 6.68. The summed E-state index contributed by atoms with van der Waals surface area (Å²) in [5, 5.41) is 0. The molecule has 2 aliphatic heterocycles. The van der Waals surface area contributed by atoms with Crippen molar-refractivity contribution in [2.24, 2.45) is 0 Å². The summed E-state index contributed by atoms with van der Waals surface area (Å²) in [6.45, 7) is 8.04. The average Bonchev–Trinajstić information content (AvgIpc) is 3.17. The fraction of sp³-hybridized carbons (Fsp3) is 0.500. The van der Waals surface area contributed by atoms with E-state index >= 15 is 0 Å². The molecule has 0 aromatic carbocycles. The maximum absolute atomic E-state index is 4.81. The molecule has 0 N–H and O–H groups in total. The lowest BCUT2D eigenvalue weighted by Gasteiger charge is -2.36. The topological polar surface area (TPSA) is 48.4 Å². The molecule has 2 aromatic heterocycles. The minimum absolute atomic E-state index is 0.851. The largest absolute Gasteiger partial charge is 0.356 e. The molecule has 0 amide bonds. The van der Waals surface area contributed by atoms with Crippen LogP contribution in [0.5, 0.6) is 0 Å². The molecular weight excluding hydrogens is 380 g/mol. The monoisotopic (exact) mass is 402 g/mol. The van der Waals surface area contributed by atoms with Gasteiger partial charge in [-0.2, -0.15) is 4.98 Å². The van der Waals surface area contributed by atoms with Crippen molar-refractivity contribution in [3.8, 4) is 0 Å². The first-order valence-corrected chi connectivity index (χ1v) is 9.70. The van der Waals surface area contributed by atoms with Gasteiger partial charge in [0.05, 0.1) is 0 Å². The summed E-state index contributed by atoms with van der Waals surface area (Å²) in [6, 6.07) is 4.15. The minimum atomic E-state index is 0.851. The fourth-order valence-corrected chi connectivity index (χ4v) is 4.04. The molecule has 0 radical (unpaired) electrons. The number of aryl methyl sites for hydroxylation is 1. The van der Waals surface area contributed by atoms with Crippen LogP contribution in [0.25, 0.3) is 0 Å². The van der Waals surface area contributed by atoms with Gasteiger partial charge in [0.15, 0.2) is 0 Å². The van der Waals surface area contributed by atoms with Crippen LogP contribution in [-0.4, -0.2) is 54.2 Å². The van der Waals surface area contributed by atoms with Crippen LogP contribution in [0.4, 0.5) is 17.6 Å². The Morgan fingerprint density at radius 1 is 0.920 bits per heavy atom. The molecule has 0 unspecified atom stereocenters. The quantitative estimate of drug-likeness (QED) is 0.786. The van der Waals surface area contributed by atoms with E-state index in [1.165, 1.54) is 18.4 Å². The first-order chi connectivity index (χ1) is 12.2. The number of anilines is 3. The highest BCUT2D eigenvalue weighted by Crippen LogP contribution is 2.24. The van der Waals surface area contributed by atoms with Crippen molar-refractivity contribution in [1.29, 1.82) is 0 Å². The second-order valence-corrected chi connectivity index (χ2v) is 7.59. The number of hydrogen-bond donors (Lipinski definition) is 0. The molecule has 7 heteroatoms. The number of hydrogen-bond acceptors (Lipinski definition) is 6. The number of rotatable bonds is 3. The van der Waals surface area contributed by atoms with E-state index in [1.807, 2.05) is 18.5 Å². The van der Waals surface area contributed by atoms with E-state index in [2.05, 4.69) is 53.6 Å². The van der Waals surface area contributed by atoms with Gasteiger partial charge in [0.2, 0.25) is 5.95 Å². The zero-order valence-corrected chi connectivity index (χ0v) is 16.1. The van der Waals surface area contributed by atoms with Crippen molar-refractivity contribution in [1.82, 2.24) is 15.0 Å². The Morgan fingerprint density at radius 2 is 1.64 bits per heavy atom. The highest BCUT2D eigenvalue weighted by atomic mass is 79.9. The third-order valence-corrected chi connectivity index (χ3v) is 5.37. The Balaban J connectivity index is 1.44. The number of aromatic nitrogens is 3. The molecule has 0 atom stereocenters. The van der Waals surface area contributed by atoms with Crippen molar-refractivity contribution in [3.63, 3.8) is 0 Å². The number of piperazine rings is 1. The van der Waals surface area contributed by atoms with Crippen LogP contribution in [-0.2, 0) is 0 Å². The summed E-state index contributed by atoms with van der Waals surface area (Å²) in [5.74, 6) is 2.99. The van der Waals surface area contributed by atoms with Crippen LogP contribution in [0.1, 0.15) is 18.4 Å². The summed E-state index contributed by atoms with van der Waals surface area (Å²) in [5.41, 5.74) is 1.20. The van der Waals surface area contributed by atoms with Gasteiger partial charge in [-0.25, -0.2) is 9.97 Å². The molecule has 4 heterocycles. The maximum Gasteiger partial charge on any atom is 0.227 e. The van der Waals surface area contributed by atoms with Crippen molar-refractivity contribution in [2.45, 2.75) is 19.8 Å². The predicted molar refractivity (Wildman–Crippen MR) is 105 cm³/mol. The summed E-state index contributed by atoms with van der Waals surface area (Å²) in [4.78, 5) is 20.9. The summed E-state index contributed by atoms with van der Waals surface area (Å²) in [7, 11) is 0. The van der Waals surface area contributed by atoms with Gasteiger partial charge in [0, 0.05) is 56.1 Å². The number of nitrogens with zero attached hydrogens (tertiary/aromatic N) is 6. The third kappa shape index (κ3) is 3.56. The average molecular weight is 403 g/mol. The van der Waals surface area contributed by atoms with Gasteiger partial charge in [-0.05, 0) is 53.4 Å². The molecule has 0 saturated carbocycles. The molecule has 0 bridgehead atoms. The van der Waals surface area contributed by atoms with E-state index in [4.69, 9.17) is 4.98 Å². The Morgan fingerprint density at radius 3 is 2.36 bits per heavy atom. The lowest BCUT2D eigenvalue weighted by Crippen LogP contribution is -2.47. The van der Waals surface area contributed by atoms with Gasteiger partial charge in [-0.3, -0.25) is 0 Å².